The Morgan fingerprint density at radius 1 is 1.35 bits per heavy atom. The van der Waals surface area contributed by atoms with Crippen molar-refractivity contribution < 1.29 is 19.1 Å². The third kappa shape index (κ3) is 3.18. The van der Waals surface area contributed by atoms with Crippen molar-refractivity contribution in [2.45, 2.75) is 6.04 Å². The fourth-order valence-electron chi connectivity index (χ4n) is 1.91. The molecule has 1 aliphatic heterocycles. The summed E-state index contributed by atoms with van der Waals surface area (Å²) in [6.45, 7) is 0.631. The molecule has 108 valence electrons. The standard InChI is InChI=1S/C13H17N3O4/c1-19-8-3-4-9(11(5-8)20-2)16-13(18)10-6-14-7-12(17)15-10/h3-5,10,14H,6-7H2,1-2H3,(H,15,17)(H,16,18)/t10-/m0/s1. The van der Waals surface area contributed by atoms with Gasteiger partial charge in [0.15, 0.2) is 0 Å². The van der Waals surface area contributed by atoms with Gasteiger partial charge in [0.05, 0.1) is 26.5 Å². The molecule has 0 bridgehead atoms. The molecule has 3 N–H and O–H groups in total. The van der Waals surface area contributed by atoms with Crippen LogP contribution < -0.4 is 25.4 Å². The van der Waals surface area contributed by atoms with Crippen molar-refractivity contribution in [2.24, 2.45) is 0 Å². The van der Waals surface area contributed by atoms with Crippen LogP contribution in [-0.4, -0.2) is 45.2 Å². The van der Waals surface area contributed by atoms with Crippen molar-refractivity contribution in [1.29, 1.82) is 0 Å². The lowest BCUT2D eigenvalue weighted by atomic mass is 10.2. The highest BCUT2D eigenvalue weighted by molar-refractivity contribution is 5.99. The van der Waals surface area contributed by atoms with Gasteiger partial charge in [-0.15, -0.1) is 0 Å². The molecular formula is C13H17N3O4. The molecule has 0 spiro atoms. The average Bonchev–Trinajstić information content (AvgIpc) is 2.47. The molecule has 0 aliphatic carbocycles. The fourth-order valence-corrected chi connectivity index (χ4v) is 1.91. The van der Waals surface area contributed by atoms with Gasteiger partial charge in [-0.25, -0.2) is 0 Å². The number of piperazine rings is 1. The second-order valence-electron chi connectivity index (χ2n) is 4.31. The molecule has 2 amide bonds. The van der Waals surface area contributed by atoms with E-state index in [1.807, 2.05) is 0 Å². The topological polar surface area (TPSA) is 88.7 Å². The van der Waals surface area contributed by atoms with Crippen molar-refractivity contribution in [3.63, 3.8) is 0 Å². The zero-order valence-corrected chi connectivity index (χ0v) is 11.4. The maximum absolute atomic E-state index is 12.1. The van der Waals surface area contributed by atoms with Crippen molar-refractivity contribution in [1.82, 2.24) is 10.6 Å². The van der Waals surface area contributed by atoms with Crippen LogP contribution in [-0.2, 0) is 9.59 Å². The molecule has 0 radical (unpaired) electrons. The second kappa shape index (κ2) is 6.25. The SMILES string of the molecule is COc1ccc(NC(=O)[C@@H]2CNCC(=O)N2)c(OC)c1. The molecule has 7 nitrogen and oxygen atoms in total. The molecule has 7 heteroatoms. The van der Waals surface area contributed by atoms with Gasteiger partial charge < -0.3 is 25.4 Å². The predicted molar refractivity (Wildman–Crippen MR) is 73.0 cm³/mol. The zero-order valence-electron chi connectivity index (χ0n) is 11.4. The van der Waals surface area contributed by atoms with E-state index in [9.17, 15) is 9.59 Å². The quantitative estimate of drug-likeness (QED) is 0.706. The average molecular weight is 279 g/mol. The minimum absolute atomic E-state index is 0.196. The summed E-state index contributed by atoms with van der Waals surface area (Å²) in [5, 5.41) is 8.22. The van der Waals surface area contributed by atoms with E-state index in [1.165, 1.54) is 7.11 Å². The number of ether oxygens (including phenoxy) is 2. The third-order valence-corrected chi connectivity index (χ3v) is 2.95. The van der Waals surface area contributed by atoms with E-state index in [0.717, 1.165) is 0 Å². The molecule has 1 aliphatic rings. The maximum Gasteiger partial charge on any atom is 0.248 e. The van der Waals surface area contributed by atoms with E-state index in [0.29, 0.717) is 23.7 Å². The predicted octanol–water partition coefficient (Wildman–Crippen LogP) is -0.270. The Morgan fingerprint density at radius 3 is 2.80 bits per heavy atom. The largest absolute Gasteiger partial charge is 0.497 e. The van der Waals surface area contributed by atoms with E-state index in [-0.39, 0.29) is 18.4 Å². The van der Waals surface area contributed by atoms with Gasteiger partial charge in [-0.05, 0) is 12.1 Å². The number of anilines is 1. The number of benzene rings is 1. The van der Waals surface area contributed by atoms with Crippen LogP contribution in [0.15, 0.2) is 18.2 Å². The summed E-state index contributed by atoms with van der Waals surface area (Å²) in [6.07, 6.45) is 0. The molecule has 1 saturated heterocycles. The first-order valence-electron chi connectivity index (χ1n) is 6.17. The monoisotopic (exact) mass is 279 g/mol. The van der Waals surface area contributed by atoms with Crippen molar-refractivity contribution in [2.75, 3.05) is 32.6 Å². The summed E-state index contributed by atoms with van der Waals surface area (Å²) in [4.78, 5) is 23.3. The van der Waals surface area contributed by atoms with Gasteiger partial charge in [0, 0.05) is 12.6 Å². The molecule has 1 heterocycles. The van der Waals surface area contributed by atoms with E-state index < -0.39 is 6.04 Å². The Bertz CT molecular complexity index is 518. The van der Waals surface area contributed by atoms with E-state index in [2.05, 4.69) is 16.0 Å². The Labute approximate surface area is 116 Å². The van der Waals surface area contributed by atoms with Gasteiger partial charge in [0.2, 0.25) is 11.8 Å². The lowest BCUT2D eigenvalue weighted by molar-refractivity contribution is -0.127. The molecule has 1 aromatic rings. The number of hydrogen-bond donors (Lipinski definition) is 3. The summed E-state index contributed by atoms with van der Waals surface area (Å²) in [7, 11) is 3.06. The first kappa shape index (κ1) is 14.1. The summed E-state index contributed by atoms with van der Waals surface area (Å²) < 4.78 is 10.3. The number of methoxy groups -OCH3 is 2. The smallest absolute Gasteiger partial charge is 0.248 e. The first-order chi connectivity index (χ1) is 9.63. The van der Waals surface area contributed by atoms with Gasteiger partial charge in [-0.1, -0.05) is 0 Å². The molecule has 1 fully saturated rings. The summed E-state index contributed by atoms with van der Waals surface area (Å²) in [6, 6.07) is 4.49. The lowest BCUT2D eigenvalue weighted by Gasteiger charge is -2.23. The van der Waals surface area contributed by atoms with Crippen molar-refractivity contribution in [3.8, 4) is 11.5 Å². The second-order valence-corrected chi connectivity index (χ2v) is 4.31. The Kier molecular flexibility index (Phi) is 4.41. The van der Waals surface area contributed by atoms with Crippen LogP contribution in [0.1, 0.15) is 0 Å². The van der Waals surface area contributed by atoms with E-state index in [4.69, 9.17) is 9.47 Å². The van der Waals surface area contributed by atoms with Crippen LogP contribution in [0.5, 0.6) is 11.5 Å². The summed E-state index contributed by atoms with van der Waals surface area (Å²) in [5.41, 5.74) is 0.526. The molecule has 1 atom stereocenters. The van der Waals surface area contributed by atoms with E-state index >= 15 is 0 Å². The minimum atomic E-state index is -0.594. The third-order valence-electron chi connectivity index (χ3n) is 2.95. The zero-order chi connectivity index (χ0) is 14.5. The van der Waals surface area contributed by atoms with Crippen LogP contribution >= 0.6 is 0 Å². The van der Waals surface area contributed by atoms with Gasteiger partial charge in [0.25, 0.3) is 0 Å². The highest BCUT2D eigenvalue weighted by atomic mass is 16.5. The highest BCUT2D eigenvalue weighted by Crippen LogP contribution is 2.29. The fraction of sp³-hybridized carbons (Fsp3) is 0.385. The van der Waals surface area contributed by atoms with Crippen LogP contribution in [0.4, 0.5) is 5.69 Å². The van der Waals surface area contributed by atoms with Crippen LogP contribution in [0.2, 0.25) is 0 Å². The van der Waals surface area contributed by atoms with Crippen LogP contribution in [0.3, 0.4) is 0 Å². The van der Waals surface area contributed by atoms with Crippen molar-refractivity contribution in [3.05, 3.63) is 18.2 Å². The number of carbonyl (C=O) groups excluding carboxylic acids is 2. The molecule has 0 unspecified atom stereocenters. The highest BCUT2D eigenvalue weighted by Gasteiger charge is 2.25. The molecule has 0 aromatic heterocycles. The molecule has 2 rings (SSSR count). The summed E-state index contributed by atoms with van der Waals surface area (Å²) in [5.74, 6) is 0.632. The summed E-state index contributed by atoms with van der Waals surface area (Å²) >= 11 is 0. The Hall–Kier alpha value is -2.28. The molecule has 20 heavy (non-hydrogen) atoms. The molecule has 1 aromatic carbocycles. The Balaban J connectivity index is 2.09. The minimum Gasteiger partial charge on any atom is -0.497 e. The number of amides is 2. The maximum atomic E-state index is 12.1. The van der Waals surface area contributed by atoms with Crippen molar-refractivity contribution >= 4 is 17.5 Å². The lowest BCUT2D eigenvalue weighted by Crippen LogP contribution is -2.57. The molecular weight excluding hydrogens is 262 g/mol. The molecule has 0 saturated carbocycles. The van der Waals surface area contributed by atoms with Crippen LogP contribution in [0.25, 0.3) is 0 Å². The number of rotatable bonds is 4. The van der Waals surface area contributed by atoms with Gasteiger partial charge in [0.1, 0.15) is 17.5 Å². The number of nitrogens with one attached hydrogen (secondary N) is 3. The number of hydrogen-bond acceptors (Lipinski definition) is 5. The van der Waals surface area contributed by atoms with E-state index in [1.54, 1.807) is 25.3 Å². The normalized spacial score (nSPS) is 18.1. The van der Waals surface area contributed by atoms with Gasteiger partial charge in [-0.2, -0.15) is 0 Å². The van der Waals surface area contributed by atoms with Gasteiger partial charge >= 0.3 is 0 Å². The van der Waals surface area contributed by atoms with Crippen LogP contribution in [0, 0.1) is 0 Å². The number of carbonyl (C=O) groups is 2. The Morgan fingerprint density at radius 2 is 2.15 bits per heavy atom. The first-order valence-corrected chi connectivity index (χ1v) is 6.17. The van der Waals surface area contributed by atoms with Gasteiger partial charge in [-0.3, -0.25) is 9.59 Å².